The fourth-order valence-corrected chi connectivity index (χ4v) is 3.88. The van der Waals surface area contributed by atoms with E-state index in [0.717, 1.165) is 12.1 Å². The molecular weight excluding hydrogens is 351 g/mol. The summed E-state index contributed by atoms with van der Waals surface area (Å²) in [6, 6.07) is 4.87. The van der Waals surface area contributed by atoms with Crippen LogP contribution in [-0.4, -0.2) is 42.8 Å². The van der Waals surface area contributed by atoms with Crippen LogP contribution in [0.3, 0.4) is 0 Å². The van der Waals surface area contributed by atoms with Gasteiger partial charge in [-0.3, -0.25) is 0 Å². The minimum absolute atomic E-state index is 0.0371. The molecule has 0 spiro atoms. The van der Waals surface area contributed by atoms with Crippen molar-refractivity contribution in [1.82, 2.24) is 14.4 Å². The molecule has 2 aromatic rings. The highest BCUT2D eigenvalue weighted by atomic mass is 32.2. The van der Waals surface area contributed by atoms with Crippen LogP contribution >= 0.6 is 0 Å². The van der Waals surface area contributed by atoms with Crippen molar-refractivity contribution in [3.05, 3.63) is 30.2 Å². The van der Waals surface area contributed by atoms with Crippen LogP contribution < -0.4 is 4.74 Å². The van der Waals surface area contributed by atoms with Gasteiger partial charge in [0.2, 0.25) is 21.7 Å². The van der Waals surface area contributed by atoms with Crippen molar-refractivity contribution < 1.29 is 30.8 Å². The SMILES string of the molecule is CN1CCC(c2nc(-c3ccc(OC(F)(F)F)cc3)no2)S1(=O)=O. The third-order valence-electron chi connectivity index (χ3n) is 3.56. The van der Waals surface area contributed by atoms with E-state index < -0.39 is 21.6 Å². The molecule has 1 aliphatic rings. The predicted octanol–water partition coefficient (Wildman–Crippen LogP) is 2.34. The number of halogens is 3. The van der Waals surface area contributed by atoms with Gasteiger partial charge in [-0.05, 0) is 30.7 Å². The third kappa shape index (κ3) is 3.22. The van der Waals surface area contributed by atoms with Gasteiger partial charge < -0.3 is 9.26 Å². The van der Waals surface area contributed by atoms with E-state index in [0.29, 0.717) is 18.5 Å². The zero-order valence-corrected chi connectivity index (χ0v) is 13.1. The average molecular weight is 363 g/mol. The molecular formula is C13H12F3N3O4S. The maximum absolute atomic E-state index is 12.1. The second-order valence-electron chi connectivity index (χ2n) is 5.17. The Kier molecular flexibility index (Phi) is 4.00. The van der Waals surface area contributed by atoms with Crippen LogP contribution in [0.4, 0.5) is 13.2 Å². The summed E-state index contributed by atoms with van der Waals surface area (Å²) < 4.78 is 70.6. The van der Waals surface area contributed by atoms with Crippen molar-refractivity contribution in [2.75, 3.05) is 13.6 Å². The van der Waals surface area contributed by atoms with Gasteiger partial charge in [-0.15, -0.1) is 13.2 Å². The van der Waals surface area contributed by atoms with Crippen LogP contribution in [0, 0.1) is 0 Å². The molecule has 24 heavy (non-hydrogen) atoms. The van der Waals surface area contributed by atoms with Gasteiger partial charge >= 0.3 is 6.36 Å². The van der Waals surface area contributed by atoms with E-state index in [2.05, 4.69) is 14.9 Å². The third-order valence-corrected chi connectivity index (χ3v) is 5.77. The van der Waals surface area contributed by atoms with Crippen molar-refractivity contribution in [1.29, 1.82) is 0 Å². The summed E-state index contributed by atoms with van der Waals surface area (Å²) in [5, 5.41) is 2.79. The minimum atomic E-state index is -4.77. The van der Waals surface area contributed by atoms with Gasteiger partial charge in [0, 0.05) is 19.2 Å². The highest BCUT2D eigenvalue weighted by Crippen LogP contribution is 2.34. The number of benzene rings is 1. The number of sulfonamides is 1. The number of hydrogen-bond acceptors (Lipinski definition) is 6. The lowest BCUT2D eigenvalue weighted by Gasteiger charge is -2.08. The van der Waals surface area contributed by atoms with Crippen molar-refractivity contribution >= 4 is 10.0 Å². The van der Waals surface area contributed by atoms with Crippen LogP contribution in [-0.2, 0) is 10.0 Å². The van der Waals surface area contributed by atoms with E-state index in [9.17, 15) is 21.6 Å². The quantitative estimate of drug-likeness (QED) is 0.832. The molecule has 0 bridgehead atoms. The maximum atomic E-state index is 12.1. The first kappa shape index (κ1) is 16.7. The van der Waals surface area contributed by atoms with Crippen molar-refractivity contribution in [3.63, 3.8) is 0 Å². The van der Waals surface area contributed by atoms with Crippen molar-refractivity contribution in [2.45, 2.75) is 18.0 Å². The molecule has 1 aliphatic heterocycles. The van der Waals surface area contributed by atoms with E-state index in [1.807, 2.05) is 0 Å². The Balaban J connectivity index is 1.81. The van der Waals surface area contributed by atoms with Crippen molar-refractivity contribution in [2.24, 2.45) is 0 Å². The van der Waals surface area contributed by atoms with Gasteiger partial charge in [0.05, 0.1) is 0 Å². The fourth-order valence-electron chi connectivity index (χ4n) is 2.33. The number of ether oxygens (including phenoxy) is 1. The van der Waals surface area contributed by atoms with E-state index in [1.165, 1.54) is 23.5 Å². The summed E-state index contributed by atoms with van der Waals surface area (Å²) in [7, 11) is -2.06. The molecule has 11 heteroatoms. The first-order valence-electron chi connectivity index (χ1n) is 6.82. The maximum Gasteiger partial charge on any atom is 0.573 e. The first-order valence-corrected chi connectivity index (χ1v) is 8.32. The molecule has 1 aromatic carbocycles. The van der Waals surface area contributed by atoms with E-state index >= 15 is 0 Å². The standard InChI is InChI=1S/C13H12F3N3O4S/c1-19-7-6-10(24(19,20)21)12-17-11(18-23-12)8-2-4-9(5-3-8)22-13(14,15)16/h2-5,10H,6-7H2,1H3. The normalized spacial score (nSPS) is 21.1. The van der Waals surface area contributed by atoms with Gasteiger partial charge in [-0.2, -0.15) is 4.98 Å². The Morgan fingerprint density at radius 2 is 1.96 bits per heavy atom. The predicted molar refractivity (Wildman–Crippen MR) is 75.3 cm³/mol. The largest absolute Gasteiger partial charge is 0.573 e. The minimum Gasteiger partial charge on any atom is -0.406 e. The van der Waals surface area contributed by atoms with Crippen LogP contribution in [0.15, 0.2) is 28.8 Å². The number of alkyl halides is 3. The molecule has 1 unspecified atom stereocenters. The fraction of sp³-hybridized carbons (Fsp3) is 0.385. The molecule has 0 N–H and O–H groups in total. The van der Waals surface area contributed by atoms with Gasteiger partial charge in [0.25, 0.3) is 0 Å². The topological polar surface area (TPSA) is 85.5 Å². The molecule has 1 aromatic heterocycles. The van der Waals surface area contributed by atoms with Crippen LogP contribution in [0.2, 0.25) is 0 Å². The van der Waals surface area contributed by atoms with Crippen LogP contribution in [0.5, 0.6) is 5.75 Å². The lowest BCUT2D eigenvalue weighted by Crippen LogP contribution is -2.22. The summed E-state index contributed by atoms with van der Waals surface area (Å²) >= 11 is 0. The zero-order valence-electron chi connectivity index (χ0n) is 12.3. The summed E-state index contributed by atoms with van der Waals surface area (Å²) in [5.74, 6) is -0.326. The molecule has 7 nitrogen and oxygen atoms in total. The summed E-state index contributed by atoms with van der Waals surface area (Å²) in [6.45, 7) is 0.355. The van der Waals surface area contributed by atoms with E-state index in [-0.39, 0.29) is 17.5 Å². The Labute approximate surface area is 135 Å². The highest BCUT2D eigenvalue weighted by molar-refractivity contribution is 7.89. The van der Waals surface area contributed by atoms with Gasteiger partial charge in [0.15, 0.2) is 5.25 Å². The Morgan fingerprint density at radius 3 is 2.50 bits per heavy atom. The van der Waals surface area contributed by atoms with Crippen LogP contribution in [0.1, 0.15) is 17.6 Å². The number of rotatable bonds is 3. The monoisotopic (exact) mass is 363 g/mol. The lowest BCUT2D eigenvalue weighted by atomic mass is 10.2. The molecule has 0 aliphatic carbocycles. The molecule has 3 rings (SSSR count). The summed E-state index contributed by atoms with van der Waals surface area (Å²) in [6.07, 6.45) is -4.44. The highest BCUT2D eigenvalue weighted by Gasteiger charge is 2.41. The van der Waals surface area contributed by atoms with E-state index in [4.69, 9.17) is 4.52 Å². The number of nitrogens with zero attached hydrogens (tertiary/aromatic N) is 3. The van der Waals surface area contributed by atoms with Gasteiger partial charge in [-0.25, -0.2) is 12.7 Å². The smallest absolute Gasteiger partial charge is 0.406 e. The van der Waals surface area contributed by atoms with Gasteiger partial charge in [0.1, 0.15) is 5.75 Å². The molecule has 0 amide bonds. The molecule has 2 heterocycles. The zero-order chi connectivity index (χ0) is 17.5. The van der Waals surface area contributed by atoms with Crippen molar-refractivity contribution in [3.8, 4) is 17.1 Å². The molecule has 1 atom stereocenters. The molecule has 0 radical (unpaired) electrons. The van der Waals surface area contributed by atoms with E-state index in [1.54, 1.807) is 0 Å². The second kappa shape index (κ2) is 5.74. The molecule has 130 valence electrons. The summed E-state index contributed by atoms with van der Waals surface area (Å²) in [4.78, 5) is 4.05. The second-order valence-corrected chi connectivity index (χ2v) is 7.39. The number of aromatic nitrogens is 2. The molecule has 1 fully saturated rings. The molecule has 0 saturated carbocycles. The number of hydrogen-bond donors (Lipinski definition) is 0. The Bertz CT molecular complexity index is 833. The average Bonchev–Trinajstić information content (AvgIpc) is 3.04. The van der Waals surface area contributed by atoms with Crippen LogP contribution in [0.25, 0.3) is 11.4 Å². The lowest BCUT2D eigenvalue weighted by molar-refractivity contribution is -0.274. The molecule has 1 saturated heterocycles. The Morgan fingerprint density at radius 1 is 1.29 bits per heavy atom. The first-order chi connectivity index (χ1) is 11.2. The van der Waals surface area contributed by atoms with Gasteiger partial charge in [-0.1, -0.05) is 5.16 Å². The summed E-state index contributed by atoms with van der Waals surface area (Å²) in [5.41, 5.74) is 0.378. The Hall–Kier alpha value is -2.14.